The first-order valence-corrected chi connectivity index (χ1v) is 11.3. The van der Waals surface area contributed by atoms with Crippen molar-refractivity contribution >= 4 is 29.2 Å². The van der Waals surface area contributed by atoms with Gasteiger partial charge in [-0.25, -0.2) is 9.98 Å². The summed E-state index contributed by atoms with van der Waals surface area (Å²) in [5, 5.41) is 0.549. The van der Waals surface area contributed by atoms with E-state index in [2.05, 4.69) is 16.9 Å². The third-order valence-corrected chi connectivity index (χ3v) is 5.57. The minimum absolute atomic E-state index is 0.0451. The second kappa shape index (κ2) is 10.6. The van der Waals surface area contributed by atoms with Gasteiger partial charge in [0.2, 0.25) is 5.88 Å². The molecule has 2 aromatic rings. The molecule has 1 aliphatic rings. The standard InChI is InChI=1S/C25H30ClN3O3/c1-6-20-13-23(32-18(5)28-20)22-12-16(3)8-10-21(22)25(30)29(7-2)17(4)15-31-24-11-9-19(26)14-27-24/h8-14,17,20H,6-7,15H2,1-5H3/t17?,20-/m0/s1. The van der Waals surface area contributed by atoms with E-state index in [1.807, 2.05) is 52.0 Å². The van der Waals surface area contributed by atoms with Crippen LogP contribution >= 0.6 is 11.6 Å². The molecule has 3 rings (SSSR count). The zero-order valence-corrected chi connectivity index (χ0v) is 20.0. The van der Waals surface area contributed by atoms with Gasteiger partial charge < -0.3 is 14.4 Å². The van der Waals surface area contributed by atoms with Gasteiger partial charge in [0.1, 0.15) is 12.4 Å². The lowest BCUT2D eigenvalue weighted by Crippen LogP contribution is -2.42. The van der Waals surface area contributed by atoms with Crippen molar-refractivity contribution in [2.75, 3.05) is 13.2 Å². The summed E-state index contributed by atoms with van der Waals surface area (Å²) in [7, 11) is 0. The van der Waals surface area contributed by atoms with Crippen LogP contribution in [0.15, 0.2) is 47.6 Å². The van der Waals surface area contributed by atoms with E-state index in [9.17, 15) is 4.79 Å². The summed E-state index contributed by atoms with van der Waals surface area (Å²) in [6.07, 6.45) is 4.40. The Labute approximate surface area is 194 Å². The van der Waals surface area contributed by atoms with Crippen LogP contribution in [0.3, 0.4) is 0 Å². The lowest BCUT2D eigenvalue weighted by atomic mass is 9.99. The molecule has 2 atom stereocenters. The quantitative estimate of drug-likeness (QED) is 0.524. The highest BCUT2D eigenvalue weighted by Gasteiger charge is 2.26. The molecule has 6 nitrogen and oxygen atoms in total. The largest absolute Gasteiger partial charge is 0.475 e. The number of hydrogen-bond donors (Lipinski definition) is 0. The first kappa shape index (κ1) is 23.8. The van der Waals surface area contributed by atoms with Gasteiger partial charge in [0.05, 0.1) is 22.7 Å². The van der Waals surface area contributed by atoms with Crippen molar-refractivity contribution in [3.63, 3.8) is 0 Å². The van der Waals surface area contributed by atoms with Crippen LogP contribution in [0.4, 0.5) is 0 Å². The molecule has 1 unspecified atom stereocenters. The first-order valence-electron chi connectivity index (χ1n) is 10.9. The van der Waals surface area contributed by atoms with Crippen molar-refractivity contribution in [2.45, 2.75) is 53.1 Å². The average Bonchev–Trinajstić information content (AvgIpc) is 2.78. The van der Waals surface area contributed by atoms with Crippen molar-refractivity contribution < 1.29 is 14.3 Å². The second-order valence-corrected chi connectivity index (χ2v) is 8.31. The Kier molecular flexibility index (Phi) is 7.91. The molecule has 170 valence electrons. The topological polar surface area (TPSA) is 64.0 Å². The summed E-state index contributed by atoms with van der Waals surface area (Å²) in [5.74, 6) is 1.70. The maximum Gasteiger partial charge on any atom is 0.254 e. The molecule has 1 aromatic carbocycles. The number of rotatable bonds is 8. The third kappa shape index (κ3) is 5.68. The summed E-state index contributed by atoms with van der Waals surface area (Å²) < 4.78 is 11.7. The van der Waals surface area contributed by atoms with Gasteiger partial charge in [-0.05, 0) is 51.5 Å². The van der Waals surface area contributed by atoms with Gasteiger partial charge in [-0.3, -0.25) is 4.79 Å². The average molecular weight is 456 g/mol. The summed E-state index contributed by atoms with van der Waals surface area (Å²) in [4.78, 5) is 24.1. The zero-order valence-electron chi connectivity index (χ0n) is 19.3. The predicted molar refractivity (Wildman–Crippen MR) is 128 cm³/mol. The predicted octanol–water partition coefficient (Wildman–Crippen LogP) is 5.54. The summed E-state index contributed by atoms with van der Waals surface area (Å²) >= 11 is 5.88. The van der Waals surface area contributed by atoms with Gasteiger partial charge in [-0.15, -0.1) is 0 Å². The van der Waals surface area contributed by atoms with Crippen LogP contribution < -0.4 is 4.74 Å². The molecule has 1 aliphatic heterocycles. The smallest absolute Gasteiger partial charge is 0.254 e. The Bertz CT molecular complexity index is 1020. The van der Waals surface area contributed by atoms with E-state index in [1.165, 1.54) is 6.20 Å². The molecule has 32 heavy (non-hydrogen) atoms. The number of aromatic nitrogens is 1. The monoisotopic (exact) mass is 455 g/mol. The van der Waals surface area contributed by atoms with Gasteiger partial charge >= 0.3 is 0 Å². The Hall–Kier alpha value is -2.86. The van der Waals surface area contributed by atoms with E-state index in [0.29, 0.717) is 41.3 Å². The fourth-order valence-corrected chi connectivity index (χ4v) is 3.73. The van der Waals surface area contributed by atoms with Crippen molar-refractivity contribution in [3.8, 4) is 5.88 Å². The Morgan fingerprint density at radius 3 is 2.69 bits per heavy atom. The summed E-state index contributed by atoms with van der Waals surface area (Å²) in [5.41, 5.74) is 2.45. The number of carbonyl (C=O) groups excluding carboxylic acids is 1. The molecular weight excluding hydrogens is 426 g/mol. The number of amides is 1. The fourth-order valence-electron chi connectivity index (χ4n) is 3.62. The second-order valence-electron chi connectivity index (χ2n) is 7.87. The van der Waals surface area contributed by atoms with Crippen molar-refractivity contribution in [3.05, 3.63) is 64.3 Å². The van der Waals surface area contributed by atoms with Gasteiger partial charge in [-0.1, -0.05) is 30.2 Å². The first-order chi connectivity index (χ1) is 15.3. The highest BCUT2D eigenvalue weighted by molar-refractivity contribution is 6.30. The van der Waals surface area contributed by atoms with Crippen LogP contribution in [0.1, 0.15) is 55.6 Å². The number of aliphatic imine (C=N–C) groups is 1. The van der Waals surface area contributed by atoms with Crippen molar-refractivity contribution in [2.24, 2.45) is 4.99 Å². The van der Waals surface area contributed by atoms with Gasteiger partial charge in [-0.2, -0.15) is 0 Å². The molecule has 0 saturated heterocycles. The normalized spacial score (nSPS) is 16.5. The summed E-state index contributed by atoms with van der Waals surface area (Å²) in [6.45, 7) is 10.7. The molecule has 0 bridgehead atoms. The lowest BCUT2D eigenvalue weighted by Gasteiger charge is -2.29. The lowest BCUT2D eigenvalue weighted by molar-refractivity contribution is 0.0645. The molecule has 0 spiro atoms. The van der Waals surface area contributed by atoms with E-state index in [-0.39, 0.29) is 18.0 Å². The maximum atomic E-state index is 13.6. The Balaban J connectivity index is 1.83. The third-order valence-electron chi connectivity index (χ3n) is 5.34. The number of benzene rings is 1. The Morgan fingerprint density at radius 1 is 1.25 bits per heavy atom. The van der Waals surface area contributed by atoms with Crippen LogP contribution in [0, 0.1) is 6.92 Å². The maximum absolute atomic E-state index is 13.6. The number of pyridine rings is 1. The fraction of sp³-hybridized carbons (Fsp3) is 0.400. The number of hydrogen-bond acceptors (Lipinski definition) is 5. The minimum atomic E-state index is -0.160. The number of nitrogens with zero attached hydrogens (tertiary/aromatic N) is 3. The molecule has 0 aliphatic carbocycles. The van der Waals surface area contributed by atoms with E-state index in [4.69, 9.17) is 21.1 Å². The molecule has 0 radical (unpaired) electrons. The van der Waals surface area contributed by atoms with E-state index in [1.54, 1.807) is 17.0 Å². The van der Waals surface area contributed by atoms with Crippen LogP contribution in [0.25, 0.3) is 5.76 Å². The van der Waals surface area contributed by atoms with E-state index < -0.39 is 0 Å². The van der Waals surface area contributed by atoms with Crippen LogP contribution in [0.2, 0.25) is 5.02 Å². The van der Waals surface area contributed by atoms with Gasteiger partial charge in [0, 0.05) is 31.3 Å². The number of carbonyl (C=O) groups is 1. The van der Waals surface area contributed by atoms with E-state index in [0.717, 1.165) is 17.5 Å². The molecule has 1 amide bonds. The number of ether oxygens (including phenoxy) is 2. The van der Waals surface area contributed by atoms with Crippen LogP contribution in [-0.2, 0) is 4.74 Å². The highest BCUT2D eigenvalue weighted by atomic mass is 35.5. The molecule has 0 saturated carbocycles. The number of halogens is 1. The molecule has 2 heterocycles. The van der Waals surface area contributed by atoms with Gasteiger partial charge in [0.25, 0.3) is 5.91 Å². The molecule has 0 fully saturated rings. The van der Waals surface area contributed by atoms with Gasteiger partial charge in [0.15, 0.2) is 5.90 Å². The summed E-state index contributed by atoms with van der Waals surface area (Å²) in [6, 6.07) is 9.14. The zero-order chi connectivity index (χ0) is 23.3. The minimum Gasteiger partial charge on any atom is -0.475 e. The SMILES string of the molecule is CC[C@H]1C=C(c2cc(C)ccc2C(=O)N(CC)C(C)COc2ccc(Cl)cn2)OC(C)=N1. The van der Waals surface area contributed by atoms with Crippen LogP contribution in [-0.4, -0.2) is 46.9 Å². The molecular formula is C25H30ClN3O3. The number of aryl methyl sites for hydroxylation is 1. The van der Waals surface area contributed by atoms with Crippen molar-refractivity contribution in [1.29, 1.82) is 0 Å². The van der Waals surface area contributed by atoms with Crippen molar-refractivity contribution in [1.82, 2.24) is 9.88 Å². The molecule has 7 heteroatoms. The Morgan fingerprint density at radius 2 is 2.03 bits per heavy atom. The van der Waals surface area contributed by atoms with Crippen LogP contribution in [0.5, 0.6) is 5.88 Å². The highest BCUT2D eigenvalue weighted by Crippen LogP contribution is 2.28. The van der Waals surface area contributed by atoms with E-state index >= 15 is 0 Å². The molecule has 0 N–H and O–H groups in total. The number of likely N-dealkylation sites (N-methyl/N-ethyl adjacent to an activating group) is 1. The molecule has 1 aromatic heterocycles.